The average Bonchev–Trinajstić information content (AvgIpc) is 3.99. The summed E-state index contributed by atoms with van der Waals surface area (Å²) < 4.78 is 8.56. The van der Waals surface area contributed by atoms with Crippen molar-refractivity contribution in [3.63, 3.8) is 0 Å². The molecule has 0 amide bonds. The molecule has 0 atom stereocenters. The zero-order chi connectivity index (χ0) is 35.8. The predicted molar refractivity (Wildman–Crippen MR) is 220 cm³/mol. The smallest absolute Gasteiger partial charge is 0.199 e. The van der Waals surface area contributed by atoms with Crippen molar-refractivity contribution in [1.29, 1.82) is 0 Å². The third-order valence-electron chi connectivity index (χ3n) is 9.98. The second-order valence-electron chi connectivity index (χ2n) is 13.2. The van der Waals surface area contributed by atoms with E-state index in [2.05, 4.69) is 137 Å². The zero-order valence-electron chi connectivity index (χ0n) is 29.4. The van der Waals surface area contributed by atoms with Crippen LogP contribution in [0.4, 0.5) is 11.4 Å². The number of benzene rings is 6. The van der Waals surface area contributed by atoms with Gasteiger partial charge in [0, 0.05) is 55.1 Å². The van der Waals surface area contributed by atoms with Gasteiger partial charge in [0.2, 0.25) is 0 Å². The number of para-hydroxylation sites is 2. The Morgan fingerprint density at radius 2 is 1.27 bits per heavy atom. The molecule has 4 heterocycles. The molecule has 0 saturated heterocycles. The summed E-state index contributed by atoms with van der Waals surface area (Å²) in [5.74, 6) is 1.54. The van der Waals surface area contributed by atoms with Gasteiger partial charge in [-0.3, -0.25) is 0 Å². The van der Waals surface area contributed by atoms with E-state index in [0.29, 0.717) is 5.76 Å². The summed E-state index contributed by atoms with van der Waals surface area (Å²) >= 11 is 0. The van der Waals surface area contributed by atoms with Gasteiger partial charge in [0.05, 0.1) is 0 Å². The Bertz CT molecular complexity index is 2710. The predicted octanol–water partition coefficient (Wildman–Crippen LogP) is 8.53. The van der Waals surface area contributed by atoms with Gasteiger partial charge >= 0.3 is 0 Å². The summed E-state index contributed by atoms with van der Waals surface area (Å²) in [4.78, 5) is 9.00. The molecule has 9 aromatic rings. The Labute approximate surface area is 334 Å². The van der Waals surface area contributed by atoms with Crippen molar-refractivity contribution in [2.45, 2.75) is 0 Å². The van der Waals surface area contributed by atoms with E-state index in [9.17, 15) is 0 Å². The van der Waals surface area contributed by atoms with E-state index >= 15 is 0 Å². The summed E-state index contributed by atoms with van der Waals surface area (Å²) in [6, 6.07) is 63.8. The van der Waals surface area contributed by atoms with E-state index in [1.807, 2.05) is 79.0 Å². The second-order valence-corrected chi connectivity index (χ2v) is 13.2. The van der Waals surface area contributed by atoms with Gasteiger partial charge in [0.25, 0.3) is 0 Å². The molecule has 0 spiro atoms. The van der Waals surface area contributed by atoms with Crippen molar-refractivity contribution < 1.29 is 25.6 Å². The molecule has 0 saturated carbocycles. The molecule has 0 N–H and O–H groups in total. The van der Waals surface area contributed by atoms with Crippen LogP contribution in [0.5, 0.6) is 0 Å². The fourth-order valence-electron chi connectivity index (χ4n) is 7.49. The van der Waals surface area contributed by atoms with Crippen LogP contribution in [0.25, 0.3) is 50.2 Å². The first kappa shape index (κ1) is 34.3. The van der Waals surface area contributed by atoms with Crippen LogP contribution in [0.15, 0.2) is 187 Å². The molecule has 0 fully saturated rings. The number of rotatable bonds is 8. The maximum Gasteiger partial charge on any atom is 0.199 e. The number of hydrogen-bond acceptors (Lipinski definition) is 5. The SMILES string of the molecule is [Pt].[c-]1c(B(c2[c-]c3c(cc2)c2ccccc2n3-c2ccccn2)c2c(-c3ccccc3)noc2-c2ccccc2)cccc1N1C=CN(c2ccccc2)[CH-]1. The number of anilines is 2. The van der Waals surface area contributed by atoms with Crippen LogP contribution in [0, 0.1) is 18.8 Å². The van der Waals surface area contributed by atoms with Gasteiger partial charge in [-0.2, -0.15) is 53.4 Å². The van der Waals surface area contributed by atoms with Crippen molar-refractivity contribution >= 4 is 56.3 Å². The quantitative estimate of drug-likeness (QED) is 0.113. The van der Waals surface area contributed by atoms with Crippen molar-refractivity contribution in [2.75, 3.05) is 9.80 Å². The first-order valence-corrected chi connectivity index (χ1v) is 17.9. The van der Waals surface area contributed by atoms with E-state index in [0.717, 1.165) is 72.2 Å². The van der Waals surface area contributed by atoms with Crippen molar-refractivity contribution in [3.05, 3.63) is 201 Å². The number of nitrogens with zero attached hydrogens (tertiary/aromatic N) is 5. The average molecular weight is 888 g/mol. The molecule has 0 unspecified atom stereocenters. The van der Waals surface area contributed by atoms with Crippen molar-refractivity contribution in [3.8, 4) is 28.4 Å². The fraction of sp³-hybridized carbons (Fsp3) is 0. The molecule has 10 rings (SSSR count). The standard InChI is InChI=1S/C47H31BN5O.Pt/c1-4-15-34(16-5-1)46-45(47(54-50-46)35-17-6-2-7-18-35)48(36-19-14-22-39(31-36)52-30-29-51(33-52)38-20-8-3-9-21-38)37-26-27-41-40-23-10-11-24-42(40)53(43(41)32-37)44-25-12-13-28-49-44;/h1-30,33H;/q-3;. The Morgan fingerprint density at radius 3 is 2.05 bits per heavy atom. The molecule has 8 heteroatoms. The molecule has 1 aliphatic rings. The van der Waals surface area contributed by atoms with Crippen molar-refractivity contribution in [2.24, 2.45) is 0 Å². The Kier molecular flexibility index (Phi) is 9.23. The van der Waals surface area contributed by atoms with E-state index in [4.69, 9.17) is 14.7 Å². The van der Waals surface area contributed by atoms with E-state index in [-0.39, 0.29) is 27.8 Å². The number of aromatic nitrogens is 3. The minimum absolute atomic E-state index is 0. The molecule has 0 bridgehead atoms. The van der Waals surface area contributed by atoms with Crippen molar-refractivity contribution in [1.82, 2.24) is 14.7 Å². The molecule has 266 valence electrons. The second kappa shape index (κ2) is 14.8. The third-order valence-corrected chi connectivity index (χ3v) is 9.98. The molecule has 0 radical (unpaired) electrons. The summed E-state index contributed by atoms with van der Waals surface area (Å²) in [5.41, 5.74) is 9.57. The minimum Gasteiger partial charge on any atom is -0.500 e. The van der Waals surface area contributed by atoms with Gasteiger partial charge in [0.15, 0.2) is 12.5 Å². The van der Waals surface area contributed by atoms with Gasteiger partial charge < -0.3 is 18.9 Å². The Morgan fingerprint density at radius 1 is 0.582 bits per heavy atom. The van der Waals surface area contributed by atoms with Gasteiger partial charge in [-0.05, 0) is 48.1 Å². The molecule has 55 heavy (non-hydrogen) atoms. The number of pyridine rings is 1. The van der Waals surface area contributed by atoms with Crippen LogP contribution in [-0.4, -0.2) is 21.4 Å². The topological polar surface area (TPSA) is 50.3 Å². The molecular weight excluding hydrogens is 856 g/mol. The normalized spacial score (nSPS) is 12.4. The van der Waals surface area contributed by atoms with Crippen LogP contribution in [0.3, 0.4) is 0 Å². The molecule has 6 nitrogen and oxygen atoms in total. The molecule has 1 aliphatic heterocycles. The first-order valence-electron chi connectivity index (χ1n) is 17.9. The fourth-order valence-corrected chi connectivity index (χ4v) is 7.49. The molecule has 6 aromatic carbocycles. The maximum atomic E-state index is 6.35. The van der Waals surface area contributed by atoms with Crippen LogP contribution >= 0.6 is 0 Å². The van der Waals surface area contributed by atoms with Gasteiger partial charge in [-0.15, -0.1) is 17.7 Å². The molecule has 3 aromatic heterocycles. The van der Waals surface area contributed by atoms with Crippen LogP contribution in [0.2, 0.25) is 0 Å². The van der Waals surface area contributed by atoms with Crippen LogP contribution in [-0.2, 0) is 21.1 Å². The third kappa shape index (κ3) is 6.27. The first-order chi connectivity index (χ1) is 26.8. The van der Waals surface area contributed by atoms with Gasteiger partial charge in [-0.25, -0.2) is 4.98 Å². The van der Waals surface area contributed by atoms with Gasteiger partial charge in [-0.1, -0.05) is 114 Å². The minimum atomic E-state index is -0.363. The molecular formula is C47H31BN5OPt-3. The summed E-state index contributed by atoms with van der Waals surface area (Å²) in [5, 5.41) is 7.03. The summed E-state index contributed by atoms with van der Waals surface area (Å²) in [6.07, 6.45) is 5.96. The maximum absolute atomic E-state index is 6.35. The Hall–Kier alpha value is -6.43. The monoisotopic (exact) mass is 887 g/mol. The Balaban J connectivity index is 0.00000397. The van der Waals surface area contributed by atoms with Gasteiger partial charge in [0.1, 0.15) is 11.5 Å². The zero-order valence-corrected chi connectivity index (χ0v) is 31.7. The van der Waals surface area contributed by atoms with Crippen LogP contribution in [0.1, 0.15) is 0 Å². The van der Waals surface area contributed by atoms with E-state index in [1.165, 1.54) is 0 Å². The summed E-state index contributed by atoms with van der Waals surface area (Å²) in [7, 11) is 0. The largest absolute Gasteiger partial charge is 0.500 e. The van der Waals surface area contributed by atoms with E-state index < -0.39 is 0 Å². The van der Waals surface area contributed by atoms with E-state index in [1.54, 1.807) is 0 Å². The number of hydrogen-bond donors (Lipinski definition) is 0. The van der Waals surface area contributed by atoms with Crippen LogP contribution < -0.4 is 26.2 Å². The summed E-state index contributed by atoms with van der Waals surface area (Å²) in [6.45, 7) is 1.71. The molecule has 0 aliphatic carbocycles. The number of fused-ring (bicyclic) bond motifs is 3.